The summed E-state index contributed by atoms with van der Waals surface area (Å²) in [4.78, 5) is 31.3. The van der Waals surface area contributed by atoms with Gasteiger partial charge in [-0.3, -0.25) is 4.79 Å². The van der Waals surface area contributed by atoms with Gasteiger partial charge in [-0.1, -0.05) is 51.0 Å². The van der Waals surface area contributed by atoms with Crippen molar-refractivity contribution in [1.29, 1.82) is 0 Å². The summed E-state index contributed by atoms with van der Waals surface area (Å²) in [7, 11) is 0. The van der Waals surface area contributed by atoms with Gasteiger partial charge in [-0.15, -0.1) is 0 Å². The molecule has 3 atom stereocenters. The maximum absolute atomic E-state index is 13.6. The van der Waals surface area contributed by atoms with E-state index in [0.717, 1.165) is 76.9 Å². The van der Waals surface area contributed by atoms with Gasteiger partial charge in [0.2, 0.25) is 6.79 Å². The summed E-state index contributed by atoms with van der Waals surface area (Å²) in [6.45, 7) is 4.36. The molecule has 1 fully saturated rings. The van der Waals surface area contributed by atoms with Crippen molar-refractivity contribution in [2.75, 3.05) is 13.4 Å². The maximum atomic E-state index is 13.6. The first-order chi connectivity index (χ1) is 19.0. The molecule has 0 radical (unpaired) electrons. The molecule has 2 heterocycles. The highest BCUT2D eigenvalue weighted by molar-refractivity contribution is 6.07. The van der Waals surface area contributed by atoms with Crippen LogP contribution in [0, 0.1) is 11.8 Å². The lowest BCUT2D eigenvalue weighted by atomic mass is 9.78. The molecule has 2 aromatic carbocycles. The Balaban J connectivity index is 1.28. The SMILES string of the molecule is C[C@H]1[C@H](C)CCC[C@@H]1NC(=O)COC(=O)c1c2c(nc3ccccc13)/C(=C\c1ccc3c(c1)OCO3)CCC2. The smallest absolute Gasteiger partial charge is 0.339 e. The Labute approximate surface area is 228 Å². The number of esters is 1. The number of ether oxygens (including phenoxy) is 3. The van der Waals surface area contributed by atoms with Crippen LogP contribution in [0.15, 0.2) is 42.5 Å². The summed E-state index contributed by atoms with van der Waals surface area (Å²) in [6, 6.07) is 13.6. The summed E-state index contributed by atoms with van der Waals surface area (Å²) in [5.74, 6) is 1.73. The number of hydrogen-bond donors (Lipinski definition) is 1. The molecule has 2 aliphatic carbocycles. The summed E-state index contributed by atoms with van der Waals surface area (Å²) in [5.41, 5.74) is 5.00. The molecule has 3 aromatic rings. The third-order valence-corrected chi connectivity index (χ3v) is 8.50. The zero-order valence-corrected chi connectivity index (χ0v) is 22.5. The van der Waals surface area contributed by atoms with E-state index in [0.29, 0.717) is 17.4 Å². The van der Waals surface area contributed by atoms with Crippen molar-refractivity contribution in [3.05, 3.63) is 64.8 Å². The van der Waals surface area contributed by atoms with E-state index < -0.39 is 5.97 Å². The molecule has 0 saturated heterocycles. The van der Waals surface area contributed by atoms with E-state index in [9.17, 15) is 9.59 Å². The van der Waals surface area contributed by atoms with Gasteiger partial charge in [0.05, 0.1) is 16.8 Å². The quantitative estimate of drug-likeness (QED) is 0.414. The van der Waals surface area contributed by atoms with Crippen LogP contribution in [0.25, 0.3) is 22.6 Å². The summed E-state index contributed by atoms with van der Waals surface area (Å²) < 4.78 is 16.6. The number of benzene rings is 2. The van der Waals surface area contributed by atoms with Crippen LogP contribution in [0.4, 0.5) is 0 Å². The van der Waals surface area contributed by atoms with Crippen molar-refractivity contribution in [2.24, 2.45) is 11.8 Å². The molecule has 202 valence electrons. The third-order valence-electron chi connectivity index (χ3n) is 8.50. The predicted octanol–water partition coefficient (Wildman–Crippen LogP) is 5.94. The molecule has 1 aliphatic heterocycles. The number of amides is 1. The number of aromatic nitrogens is 1. The van der Waals surface area contributed by atoms with Gasteiger partial charge < -0.3 is 19.5 Å². The molecule has 7 nitrogen and oxygen atoms in total. The van der Waals surface area contributed by atoms with E-state index in [2.05, 4.69) is 25.2 Å². The molecule has 1 N–H and O–H groups in total. The lowest BCUT2D eigenvalue weighted by molar-refractivity contribution is -0.125. The van der Waals surface area contributed by atoms with Crippen molar-refractivity contribution in [2.45, 2.75) is 58.4 Å². The normalized spacial score (nSPS) is 22.9. The van der Waals surface area contributed by atoms with Crippen LogP contribution in [0.3, 0.4) is 0 Å². The second-order valence-corrected chi connectivity index (χ2v) is 11.0. The van der Waals surface area contributed by atoms with Gasteiger partial charge in [-0.05, 0) is 78.5 Å². The number of carbonyl (C=O) groups excluding carboxylic acids is 2. The zero-order valence-electron chi connectivity index (χ0n) is 22.5. The van der Waals surface area contributed by atoms with Crippen LogP contribution in [-0.4, -0.2) is 36.3 Å². The minimum Gasteiger partial charge on any atom is -0.454 e. The van der Waals surface area contributed by atoms with Crippen LogP contribution >= 0.6 is 0 Å². The molecule has 6 rings (SSSR count). The molecule has 0 unspecified atom stereocenters. The van der Waals surface area contributed by atoms with E-state index in [1.54, 1.807) is 0 Å². The monoisotopic (exact) mass is 526 g/mol. The van der Waals surface area contributed by atoms with E-state index in [1.807, 2.05) is 42.5 Å². The fourth-order valence-electron chi connectivity index (χ4n) is 6.15. The molecule has 3 aliphatic rings. The lowest BCUT2D eigenvalue weighted by Gasteiger charge is -2.34. The van der Waals surface area contributed by atoms with Crippen LogP contribution < -0.4 is 14.8 Å². The van der Waals surface area contributed by atoms with Crippen molar-refractivity contribution >= 4 is 34.4 Å². The Hall–Kier alpha value is -3.87. The van der Waals surface area contributed by atoms with Crippen molar-refractivity contribution in [1.82, 2.24) is 10.3 Å². The fraction of sp³-hybridized carbons (Fsp3) is 0.406. The maximum Gasteiger partial charge on any atom is 0.339 e. The Kier molecular flexibility index (Phi) is 6.98. The van der Waals surface area contributed by atoms with E-state index in [-0.39, 0.29) is 25.3 Å². The number of hydrogen-bond acceptors (Lipinski definition) is 6. The van der Waals surface area contributed by atoms with Crippen molar-refractivity contribution in [3.8, 4) is 11.5 Å². The number of allylic oxidation sites excluding steroid dienone is 1. The number of carbonyl (C=O) groups is 2. The number of nitrogens with one attached hydrogen (secondary N) is 1. The Morgan fingerprint density at radius 2 is 1.90 bits per heavy atom. The van der Waals surface area contributed by atoms with Gasteiger partial charge in [0.1, 0.15) is 0 Å². The molecule has 1 amide bonds. The van der Waals surface area contributed by atoms with Crippen LogP contribution in [0.2, 0.25) is 0 Å². The van der Waals surface area contributed by atoms with E-state index in [4.69, 9.17) is 19.2 Å². The van der Waals surface area contributed by atoms with Gasteiger partial charge in [-0.25, -0.2) is 9.78 Å². The first-order valence-electron chi connectivity index (χ1n) is 14.0. The number of fused-ring (bicyclic) bond motifs is 3. The molecule has 39 heavy (non-hydrogen) atoms. The number of nitrogens with zero attached hydrogens (tertiary/aromatic N) is 1. The van der Waals surface area contributed by atoms with Crippen molar-refractivity contribution < 1.29 is 23.8 Å². The third kappa shape index (κ3) is 5.10. The first-order valence-corrected chi connectivity index (χ1v) is 14.0. The first kappa shape index (κ1) is 25.4. The minimum atomic E-state index is -0.477. The average Bonchev–Trinajstić information content (AvgIpc) is 3.41. The van der Waals surface area contributed by atoms with Gasteiger partial charge in [0, 0.05) is 11.4 Å². The summed E-state index contributed by atoms with van der Waals surface area (Å²) in [6.07, 6.45) is 7.83. The van der Waals surface area contributed by atoms with Gasteiger partial charge in [0.15, 0.2) is 18.1 Å². The Bertz CT molecular complexity index is 1460. The average molecular weight is 527 g/mol. The molecule has 0 spiro atoms. The summed E-state index contributed by atoms with van der Waals surface area (Å²) >= 11 is 0. The lowest BCUT2D eigenvalue weighted by Crippen LogP contribution is -2.45. The van der Waals surface area contributed by atoms with E-state index in [1.165, 1.54) is 6.42 Å². The molecular weight excluding hydrogens is 492 g/mol. The highest BCUT2D eigenvalue weighted by atomic mass is 16.7. The van der Waals surface area contributed by atoms with Gasteiger partial charge in [-0.2, -0.15) is 0 Å². The zero-order chi connectivity index (χ0) is 26.9. The number of rotatable bonds is 5. The topological polar surface area (TPSA) is 86.8 Å². The Morgan fingerprint density at radius 1 is 1.05 bits per heavy atom. The van der Waals surface area contributed by atoms with Gasteiger partial charge >= 0.3 is 5.97 Å². The van der Waals surface area contributed by atoms with Crippen LogP contribution in [-0.2, 0) is 16.0 Å². The number of para-hydroxylation sites is 1. The summed E-state index contributed by atoms with van der Waals surface area (Å²) in [5, 5.41) is 3.85. The highest BCUT2D eigenvalue weighted by Crippen LogP contribution is 2.38. The second-order valence-electron chi connectivity index (χ2n) is 11.0. The highest BCUT2D eigenvalue weighted by Gasteiger charge is 2.29. The fourth-order valence-corrected chi connectivity index (χ4v) is 6.15. The van der Waals surface area contributed by atoms with Gasteiger partial charge in [0.25, 0.3) is 5.91 Å². The largest absolute Gasteiger partial charge is 0.454 e. The predicted molar refractivity (Wildman–Crippen MR) is 150 cm³/mol. The van der Waals surface area contributed by atoms with Crippen LogP contribution in [0.5, 0.6) is 11.5 Å². The second kappa shape index (κ2) is 10.7. The van der Waals surface area contributed by atoms with Crippen LogP contribution in [0.1, 0.15) is 73.1 Å². The van der Waals surface area contributed by atoms with Crippen molar-refractivity contribution in [3.63, 3.8) is 0 Å². The standard InChI is InChI=1S/C32H34N2O5/c1-19-7-5-12-25(20(19)2)33-29(35)17-37-32(36)30-23-9-3-4-11-26(23)34-31-22(8-6-10-24(30)31)15-21-13-14-27-28(16-21)39-18-38-27/h3-4,9,11,13-16,19-20,25H,5-8,10,12,17-18H2,1-2H3,(H,33,35)/b22-15-/t19-,20+,25+/m1/s1. The minimum absolute atomic E-state index is 0.123. The molecule has 1 aromatic heterocycles. The molecule has 0 bridgehead atoms. The molecule has 7 heteroatoms. The Morgan fingerprint density at radius 3 is 2.79 bits per heavy atom. The number of pyridine rings is 1. The molecular formula is C32H34N2O5. The van der Waals surface area contributed by atoms with E-state index >= 15 is 0 Å². The molecule has 1 saturated carbocycles.